The van der Waals surface area contributed by atoms with Gasteiger partial charge in [0.05, 0.1) is 11.8 Å². The van der Waals surface area contributed by atoms with Gasteiger partial charge in [-0.2, -0.15) is 18.3 Å². The van der Waals surface area contributed by atoms with Crippen LogP contribution in [0.1, 0.15) is 67.1 Å². The Bertz CT molecular complexity index is 966. The molecule has 1 aliphatic heterocycles. The molecule has 160 valence electrons. The van der Waals surface area contributed by atoms with Gasteiger partial charge in [-0.25, -0.2) is 5.43 Å². The fourth-order valence-electron chi connectivity index (χ4n) is 4.25. The molecule has 3 rings (SSSR count). The SMILES string of the molecule is CCN1c2ccc(/C=N\NC(=O)c3cccc(C(F)(F)F)c3)cc2[C@@H](C)CC1(C)C. The topological polar surface area (TPSA) is 44.7 Å². The fraction of sp³-hybridized carbons (Fsp3) is 0.391. The van der Waals surface area contributed by atoms with Gasteiger partial charge in [-0.1, -0.05) is 19.1 Å². The Labute approximate surface area is 174 Å². The third-order valence-electron chi connectivity index (χ3n) is 5.56. The van der Waals surface area contributed by atoms with E-state index < -0.39 is 17.6 Å². The van der Waals surface area contributed by atoms with E-state index in [-0.39, 0.29) is 11.1 Å². The number of fused-ring (bicyclic) bond motifs is 1. The lowest BCUT2D eigenvalue weighted by atomic mass is 9.79. The van der Waals surface area contributed by atoms with Crippen molar-refractivity contribution in [1.29, 1.82) is 0 Å². The summed E-state index contributed by atoms with van der Waals surface area (Å²) >= 11 is 0. The third kappa shape index (κ3) is 4.50. The number of carbonyl (C=O) groups excluding carboxylic acids is 1. The summed E-state index contributed by atoms with van der Waals surface area (Å²) in [4.78, 5) is 14.5. The largest absolute Gasteiger partial charge is 0.416 e. The maximum Gasteiger partial charge on any atom is 0.416 e. The van der Waals surface area contributed by atoms with Gasteiger partial charge in [0.1, 0.15) is 0 Å². The first-order chi connectivity index (χ1) is 14.0. The predicted octanol–water partition coefficient (Wildman–Crippen LogP) is 5.58. The molecular formula is C23H26F3N3O. The zero-order valence-corrected chi connectivity index (χ0v) is 17.5. The number of amides is 1. The minimum absolute atomic E-state index is 0.0791. The number of alkyl halides is 3. The van der Waals surface area contributed by atoms with Crippen LogP contribution in [0.5, 0.6) is 0 Å². The molecule has 7 heteroatoms. The molecule has 0 aliphatic carbocycles. The molecule has 0 fully saturated rings. The fourth-order valence-corrected chi connectivity index (χ4v) is 4.25. The van der Waals surface area contributed by atoms with Crippen molar-refractivity contribution in [2.45, 2.75) is 51.7 Å². The van der Waals surface area contributed by atoms with Crippen molar-refractivity contribution in [2.75, 3.05) is 11.4 Å². The monoisotopic (exact) mass is 417 g/mol. The van der Waals surface area contributed by atoms with Gasteiger partial charge in [-0.05, 0) is 74.6 Å². The van der Waals surface area contributed by atoms with Crippen molar-refractivity contribution in [3.05, 3.63) is 64.7 Å². The van der Waals surface area contributed by atoms with Crippen molar-refractivity contribution < 1.29 is 18.0 Å². The number of nitrogens with one attached hydrogen (secondary N) is 1. The quantitative estimate of drug-likeness (QED) is 0.521. The third-order valence-corrected chi connectivity index (χ3v) is 5.56. The van der Waals surface area contributed by atoms with Gasteiger partial charge in [0.2, 0.25) is 0 Å². The number of hydrazone groups is 1. The zero-order valence-electron chi connectivity index (χ0n) is 17.5. The molecule has 1 heterocycles. The lowest BCUT2D eigenvalue weighted by Crippen LogP contribution is -2.48. The van der Waals surface area contributed by atoms with Crippen molar-refractivity contribution in [3.8, 4) is 0 Å². The highest BCUT2D eigenvalue weighted by Crippen LogP contribution is 2.43. The van der Waals surface area contributed by atoms with E-state index in [9.17, 15) is 18.0 Å². The van der Waals surface area contributed by atoms with E-state index >= 15 is 0 Å². The van der Waals surface area contributed by atoms with Gasteiger partial charge in [-0.3, -0.25) is 4.79 Å². The molecule has 0 saturated heterocycles. The van der Waals surface area contributed by atoms with Crippen LogP contribution in [0.25, 0.3) is 0 Å². The molecule has 0 aromatic heterocycles. The van der Waals surface area contributed by atoms with Gasteiger partial charge >= 0.3 is 6.18 Å². The number of anilines is 1. The maximum atomic E-state index is 12.8. The number of hydrogen-bond acceptors (Lipinski definition) is 3. The molecule has 2 aromatic rings. The van der Waals surface area contributed by atoms with Gasteiger partial charge in [-0.15, -0.1) is 0 Å². The molecule has 30 heavy (non-hydrogen) atoms. The smallest absolute Gasteiger partial charge is 0.366 e. The summed E-state index contributed by atoms with van der Waals surface area (Å²) < 4.78 is 38.4. The van der Waals surface area contributed by atoms with E-state index in [0.29, 0.717) is 5.92 Å². The second-order valence-electron chi connectivity index (χ2n) is 8.26. The molecule has 1 aliphatic rings. The van der Waals surface area contributed by atoms with Crippen LogP contribution in [0.3, 0.4) is 0 Å². The summed E-state index contributed by atoms with van der Waals surface area (Å²) in [6.45, 7) is 9.74. The van der Waals surface area contributed by atoms with Crippen molar-refractivity contribution >= 4 is 17.8 Å². The predicted molar refractivity (Wildman–Crippen MR) is 113 cm³/mol. The molecule has 0 bridgehead atoms. The lowest BCUT2D eigenvalue weighted by Gasteiger charge is -2.47. The molecule has 0 saturated carbocycles. The highest BCUT2D eigenvalue weighted by Gasteiger charge is 2.35. The van der Waals surface area contributed by atoms with Crippen LogP contribution < -0.4 is 10.3 Å². The number of halogens is 3. The average molecular weight is 417 g/mol. The van der Waals surface area contributed by atoms with E-state index in [4.69, 9.17) is 0 Å². The maximum absolute atomic E-state index is 12.8. The normalized spacial score (nSPS) is 18.4. The second kappa shape index (κ2) is 8.13. The van der Waals surface area contributed by atoms with Crippen LogP contribution in [-0.2, 0) is 6.18 Å². The molecule has 0 unspecified atom stereocenters. The van der Waals surface area contributed by atoms with Crippen LogP contribution in [0.15, 0.2) is 47.6 Å². The van der Waals surface area contributed by atoms with Crippen LogP contribution in [0.4, 0.5) is 18.9 Å². The van der Waals surface area contributed by atoms with E-state index in [0.717, 1.165) is 30.7 Å². The highest BCUT2D eigenvalue weighted by atomic mass is 19.4. The van der Waals surface area contributed by atoms with Gasteiger partial charge in [0.25, 0.3) is 5.91 Å². The first-order valence-electron chi connectivity index (χ1n) is 9.95. The van der Waals surface area contributed by atoms with Crippen molar-refractivity contribution in [1.82, 2.24) is 5.43 Å². The van der Waals surface area contributed by atoms with Crippen molar-refractivity contribution in [3.63, 3.8) is 0 Å². The zero-order chi connectivity index (χ0) is 22.1. The minimum atomic E-state index is -4.50. The van der Waals surface area contributed by atoms with Gasteiger partial charge in [0.15, 0.2) is 0 Å². The van der Waals surface area contributed by atoms with Crippen molar-refractivity contribution in [2.24, 2.45) is 5.10 Å². The summed E-state index contributed by atoms with van der Waals surface area (Å²) in [6, 6.07) is 10.3. The van der Waals surface area contributed by atoms with E-state index in [1.807, 2.05) is 6.07 Å². The Morgan fingerprint density at radius 1 is 1.27 bits per heavy atom. The number of rotatable bonds is 4. The minimum Gasteiger partial charge on any atom is -0.366 e. The van der Waals surface area contributed by atoms with Crippen LogP contribution in [-0.4, -0.2) is 24.2 Å². The Hall–Kier alpha value is -2.83. The molecule has 1 atom stereocenters. The Morgan fingerprint density at radius 3 is 2.67 bits per heavy atom. The van der Waals surface area contributed by atoms with E-state index in [2.05, 4.69) is 55.3 Å². The Morgan fingerprint density at radius 2 is 2.00 bits per heavy atom. The summed E-state index contributed by atoms with van der Waals surface area (Å²) in [5.41, 5.74) is 4.66. The van der Waals surface area contributed by atoms with Crippen LogP contribution in [0, 0.1) is 0 Å². The summed E-state index contributed by atoms with van der Waals surface area (Å²) in [5, 5.41) is 3.93. The summed E-state index contributed by atoms with van der Waals surface area (Å²) in [7, 11) is 0. The first-order valence-corrected chi connectivity index (χ1v) is 9.95. The van der Waals surface area contributed by atoms with Gasteiger partial charge in [0, 0.05) is 23.3 Å². The number of hydrogen-bond donors (Lipinski definition) is 1. The molecule has 0 radical (unpaired) electrons. The van der Waals surface area contributed by atoms with E-state index in [1.54, 1.807) is 0 Å². The first kappa shape index (κ1) is 21.9. The molecule has 4 nitrogen and oxygen atoms in total. The van der Waals surface area contributed by atoms with Gasteiger partial charge < -0.3 is 4.90 Å². The van der Waals surface area contributed by atoms with E-state index in [1.165, 1.54) is 29.6 Å². The lowest BCUT2D eigenvalue weighted by molar-refractivity contribution is -0.137. The Kier molecular flexibility index (Phi) is 5.92. The molecular weight excluding hydrogens is 391 g/mol. The molecule has 2 aromatic carbocycles. The number of benzene rings is 2. The summed E-state index contributed by atoms with van der Waals surface area (Å²) in [6.07, 6.45) is -1.96. The second-order valence-corrected chi connectivity index (χ2v) is 8.26. The molecule has 0 spiro atoms. The number of nitrogens with zero attached hydrogens (tertiary/aromatic N) is 2. The Balaban J connectivity index is 1.75. The molecule has 1 amide bonds. The van der Waals surface area contributed by atoms with Crippen LogP contribution >= 0.6 is 0 Å². The standard InChI is InChI=1S/C23H26F3N3O/c1-5-29-20-10-9-16(11-19(20)15(2)13-22(29,3)4)14-27-28-21(30)17-7-6-8-18(12-17)23(24,25)26/h6-12,14-15H,5,13H2,1-4H3,(H,28,30)/b27-14-/t15-/m0/s1. The average Bonchev–Trinajstić information content (AvgIpc) is 2.67. The molecule has 1 N–H and O–H groups in total. The number of carbonyl (C=O) groups is 1. The van der Waals surface area contributed by atoms with Crippen LogP contribution in [0.2, 0.25) is 0 Å². The summed E-state index contributed by atoms with van der Waals surface area (Å²) in [5.74, 6) is -0.312. The highest BCUT2D eigenvalue weighted by molar-refractivity contribution is 5.95.